The number of rotatable bonds is 6. The highest BCUT2D eigenvalue weighted by Gasteiger charge is 2.18. The van der Waals surface area contributed by atoms with E-state index in [1.807, 2.05) is 4.90 Å². The van der Waals surface area contributed by atoms with Gasteiger partial charge < -0.3 is 19.7 Å². The average molecular weight is 377 g/mol. The van der Waals surface area contributed by atoms with Gasteiger partial charge in [-0.3, -0.25) is 9.59 Å². The van der Waals surface area contributed by atoms with Gasteiger partial charge in [0.05, 0.1) is 36.6 Å². The van der Waals surface area contributed by atoms with Gasteiger partial charge in [-0.1, -0.05) is 0 Å². The predicted molar refractivity (Wildman–Crippen MR) is 94.9 cm³/mol. The predicted octanol–water partition coefficient (Wildman–Crippen LogP) is 0.911. The number of carbonyl (C=O) groups is 2. The van der Waals surface area contributed by atoms with Gasteiger partial charge in [-0.2, -0.15) is 15.0 Å². The number of thiophene rings is 1. The Morgan fingerprint density at radius 3 is 2.62 bits per heavy atom. The van der Waals surface area contributed by atoms with Crippen LogP contribution in [0.5, 0.6) is 6.01 Å². The Bertz CT molecular complexity index is 804. The molecule has 1 aliphatic rings. The molecule has 2 aromatic rings. The smallest absolute Gasteiger partial charge is 0.321 e. The standard InChI is InChI=1S/C16H19N5O4S/c1-10(22)11-3-4-12(26-11)14(23)17-9-13-18-15(20-16(19-13)24-2)21-5-7-25-8-6-21/h3-4H,5-9H2,1-2H3,(H,17,23). The van der Waals surface area contributed by atoms with Crippen molar-refractivity contribution >= 4 is 29.0 Å². The number of Topliss-reactive ketones (excluding diaryl/α,β-unsaturated/α-hetero) is 1. The lowest BCUT2D eigenvalue weighted by molar-refractivity contribution is 0.0953. The van der Waals surface area contributed by atoms with Crippen LogP contribution in [-0.4, -0.2) is 60.1 Å². The minimum Gasteiger partial charge on any atom is -0.467 e. The first-order valence-corrected chi connectivity index (χ1v) is 8.89. The zero-order valence-electron chi connectivity index (χ0n) is 14.5. The molecule has 0 spiro atoms. The second-order valence-corrected chi connectivity index (χ2v) is 6.62. The zero-order chi connectivity index (χ0) is 18.5. The molecule has 3 rings (SSSR count). The molecule has 3 heterocycles. The summed E-state index contributed by atoms with van der Waals surface area (Å²) < 4.78 is 10.5. The molecule has 0 unspecified atom stereocenters. The van der Waals surface area contributed by atoms with Crippen LogP contribution < -0.4 is 15.0 Å². The van der Waals surface area contributed by atoms with E-state index in [0.717, 1.165) is 11.3 Å². The van der Waals surface area contributed by atoms with Crippen LogP contribution in [0.15, 0.2) is 12.1 Å². The summed E-state index contributed by atoms with van der Waals surface area (Å²) >= 11 is 1.16. The minimum absolute atomic E-state index is 0.0635. The SMILES string of the molecule is COc1nc(CNC(=O)c2ccc(C(C)=O)s2)nc(N2CCOCC2)n1. The Morgan fingerprint density at radius 1 is 1.23 bits per heavy atom. The fourth-order valence-electron chi connectivity index (χ4n) is 2.36. The summed E-state index contributed by atoms with van der Waals surface area (Å²) in [6, 6.07) is 3.47. The number of ketones is 1. The van der Waals surface area contributed by atoms with Gasteiger partial charge in [-0.05, 0) is 19.1 Å². The van der Waals surface area contributed by atoms with E-state index in [1.165, 1.54) is 14.0 Å². The molecule has 1 saturated heterocycles. The maximum absolute atomic E-state index is 12.3. The summed E-state index contributed by atoms with van der Waals surface area (Å²) in [5.74, 6) is 0.552. The molecular formula is C16H19N5O4S. The highest BCUT2D eigenvalue weighted by Crippen LogP contribution is 2.17. The Balaban J connectivity index is 1.69. The molecule has 1 fully saturated rings. The van der Waals surface area contributed by atoms with Crippen molar-refractivity contribution < 1.29 is 19.1 Å². The fraction of sp³-hybridized carbons (Fsp3) is 0.438. The van der Waals surface area contributed by atoms with Crippen LogP contribution in [0.1, 0.15) is 32.1 Å². The molecule has 1 aliphatic heterocycles. The van der Waals surface area contributed by atoms with Crippen LogP contribution in [0.2, 0.25) is 0 Å². The van der Waals surface area contributed by atoms with Crippen molar-refractivity contribution in [3.8, 4) is 6.01 Å². The lowest BCUT2D eigenvalue weighted by atomic mass is 10.3. The number of nitrogens with one attached hydrogen (secondary N) is 1. The molecule has 0 atom stereocenters. The van der Waals surface area contributed by atoms with Crippen LogP contribution in [0.25, 0.3) is 0 Å². The maximum Gasteiger partial charge on any atom is 0.321 e. The Hall–Kier alpha value is -2.59. The number of hydrogen-bond donors (Lipinski definition) is 1. The minimum atomic E-state index is -0.283. The third-order valence-corrected chi connectivity index (χ3v) is 4.89. The van der Waals surface area contributed by atoms with Crippen LogP contribution in [0, 0.1) is 0 Å². The van der Waals surface area contributed by atoms with Gasteiger partial charge >= 0.3 is 6.01 Å². The van der Waals surface area contributed by atoms with E-state index in [4.69, 9.17) is 9.47 Å². The van der Waals surface area contributed by atoms with E-state index in [-0.39, 0.29) is 24.2 Å². The van der Waals surface area contributed by atoms with Crippen molar-refractivity contribution in [3.05, 3.63) is 27.7 Å². The normalized spacial score (nSPS) is 14.2. The molecule has 10 heteroatoms. The van der Waals surface area contributed by atoms with E-state index in [1.54, 1.807) is 12.1 Å². The lowest BCUT2D eigenvalue weighted by Crippen LogP contribution is -2.37. The number of morpholine rings is 1. The third kappa shape index (κ3) is 4.33. The Morgan fingerprint density at radius 2 is 1.96 bits per heavy atom. The molecule has 0 aliphatic carbocycles. The monoisotopic (exact) mass is 377 g/mol. The Labute approximate surface area is 154 Å². The highest BCUT2D eigenvalue weighted by molar-refractivity contribution is 7.15. The molecule has 9 nitrogen and oxygen atoms in total. The summed E-state index contributed by atoms with van der Waals surface area (Å²) in [5, 5.41) is 2.76. The molecule has 0 bridgehead atoms. The molecule has 1 N–H and O–H groups in total. The first kappa shape index (κ1) is 18.2. The number of aromatic nitrogens is 3. The number of amides is 1. The lowest BCUT2D eigenvalue weighted by Gasteiger charge is -2.26. The topological polar surface area (TPSA) is 107 Å². The van der Waals surface area contributed by atoms with Crippen LogP contribution >= 0.6 is 11.3 Å². The van der Waals surface area contributed by atoms with Crippen molar-refractivity contribution in [3.63, 3.8) is 0 Å². The van der Waals surface area contributed by atoms with Gasteiger partial charge in [0.2, 0.25) is 5.95 Å². The van der Waals surface area contributed by atoms with Crippen LogP contribution in [-0.2, 0) is 11.3 Å². The number of carbonyl (C=O) groups excluding carboxylic acids is 2. The Kier molecular flexibility index (Phi) is 5.74. The molecule has 2 aromatic heterocycles. The summed E-state index contributed by atoms with van der Waals surface area (Å²) in [7, 11) is 1.48. The highest BCUT2D eigenvalue weighted by atomic mass is 32.1. The van der Waals surface area contributed by atoms with Gasteiger partial charge in [-0.25, -0.2) is 0 Å². The number of ether oxygens (including phenoxy) is 2. The summed E-state index contributed by atoms with van der Waals surface area (Å²) in [6.45, 7) is 4.18. The summed E-state index contributed by atoms with van der Waals surface area (Å²) in [4.78, 5) is 39.4. The molecule has 138 valence electrons. The molecule has 0 saturated carbocycles. The number of anilines is 1. The first-order valence-electron chi connectivity index (χ1n) is 8.07. The van der Waals surface area contributed by atoms with Crippen molar-refractivity contribution in [1.82, 2.24) is 20.3 Å². The van der Waals surface area contributed by atoms with Crippen LogP contribution in [0.4, 0.5) is 5.95 Å². The molecule has 0 radical (unpaired) electrons. The molecule has 26 heavy (non-hydrogen) atoms. The summed E-state index contributed by atoms with van der Waals surface area (Å²) in [5.41, 5.74) is 0. The fourth-order valence-corrected chi connectivity index (χ4v) is 3.17. The zero-order valence-corrected chi connectivity index (χ0v) is 15.3. The van der Waals surface area contributed by atoms with E-state index in [0.29, 0.717) is 47.8 Å². The maximum atomic E-state index is 12.3. The largest absolute Gasteiger partial charge is 0.467 e. The van der Waals surface area contributed by atoms with Gasteiger partial charge in [-0.15, -0.1) is 11.3 Å². The van der Waals surface area contributed by atoms with E-state index in [9.17, 15) is 9.59 Å². The third-order valence-electron chi connectivity index (χ3n) is 3.71. The number of hydrogen-bond acceptors (Lipinski definition) is 9. The quantitative estimate of drug-likeness (QED) is 0.741. The van der Waals surface area contributed by atoms with Crippen molar-refractivity contribution in [2.75, 3.05) is 38.3 Å². The first-order chi connectivity index (χ1) is 12.6. The van der Waals surface area contributed by atoms with Gasteiger partial charge in [0.25, 0.3) is 5.91 Å². The van der Waals surface area contributed by atoms with Gasteiger partial charge in [0.1, 0.15) is 0 Å². The van der Waals surface area contributed by atoms with Gasteiger partial charge in [0, 0.05) is 13.1 Å². The average Bonchev–Trinajstić information content (AvgIpc) is 3.17. The molecule has 0 aromatic carbocycles. The molecule has 1 amide bonds. The second-order valence-electron chi connectivity index (χ2n) is 5.54. The van der Waals surface area contributed by atoms with Crippen molar-refractivity contribution in [2.24, 2.45) is 0 Å². The second kappa shape index (κ2) is 8.19. The van der Waals surface area contributed by atoms with E-state index < -0.39 is 0 Å². The van der Waals surface area contributed by atoms with Crippen LogP contribution in [0.3, 0.4) is 0 Å². The van der Waals surface area contributed by atoms with Gasteiger partial charge in [0.15, 0.2) is 11.6 Å². The molecular weight excluding hydrogens is 358 g/mol. The van der Waals surface area contributed by atoms with E-state index in [2.05, 4.69) is 20.3 Å². The number of methoxy groups -OCH3 is 1. The summed E-state index contributed by atoms with van der Waals surface area (Å²) in [6.07, 6.45) is 0. The van der Waals surface area contributed by atoms with Crippen molar-refractivity contribution in [2.45, 2.75) is 13.5 Å². The van der Waals surface area contributed by atoms with E-state index >= 15 is 0 Å². The number of nitrogens with zero attached hydrogens (tertiary/aromatic N) is 4. The van der Waals surface area contributed by atoms with Crippen molar-refractivity contribution in [1.29, 1.82) is 0 Å².